The smallest absolute Gasteiger partial charge is 0.0447 e. The Bertz CT molecular complexity index is 368. The first-order valence-electron chi connectivity index (χ1n) is 4.77. The molecule has 0 bridgehead atoms. The van der Waals surface area contributed by atoms with Gasteiger partial charge in [-0.15, -0.1) is 0 Å². The molecule has 2 aromatic rings. The van der Waals surface area contributed by atoms with E-state index in [0.29, 0.717) is 0 Å². The van der Waals surface area contributed by atoms with Gasteiger partial charge in [-0.05, 0) is 17.7 Å². The van der Waals surface area contributed by atoms with Crippen LogP contribution in [0.4, 0.5) is 0 Å². The molecule has 0 fully saturated rings. The number of hydrogen-bond donors (Lipinski definition) is 0. The Morgan fingerprint density at radius 2 is 1.47 bits per heavy atom. The van der Waals surface area contributed by atoms with E-state index in [2.05, 4.69) is 29.2 Å². The van der Waals surface area contributed by atoms with Gasteiger partial charge in [0.05, 0.1) is 0 Å². The van der Waals surface area contributed by atoms with Crippen LogP contribution in [0.15, 0.2) is 54.7 Å². The molecule has 0 aliphatic rings. The SMILES string of the molecule is [Cl][Co]([Cl])[Cl].c1ccc(Cc2ccccn2)cc1. The number of hydrogen-bond acceptors (Lipinski definition) is 1. The fourth-order valence-corrected chi connectivity index (χ4v) is 1.31. The fraction of sp³-hybridized carbons (Fsp3) is 0.0833. The van der Waals surface area contributed by atoms with Crippen LogP contribution in [0.5, 0.6) is 0 Å². The minimum Gasteiger partial charge on any atom is -0.261 e. The number of halogens is 3. The summed E-state index contributed by atoms with van der Waals surface area (Å²) in [7, 11) is 13.4. The topological polar surface area (TPSA) is 12.9 Å². The summed E-state index contributed by atoms with van der Waals surface area (Å²) < 4.78 is 0. The van der Waals surface area contributed by atoms with Crippen molar-refractivity contribution >= 4 is 30.4 Å². The van der Waals surface area contributed by atoms with Gasteiger partial charge >= 0.3 is 41.4 Å². The van der Waals surface area contributed by atoms with Gasteiger partial charge in [-0.25, -0.2) is 0 Å². The maximum absolute atomic E-state index is 4.87. The first kappa shape index (κ1) is 14.8. The van der Waals surface area contributed by atoms with Gasteiger partial charge in [-0.2, -0.15) is 0 Å². The molecule has 17 heavy (non-hydrogen) atoms. The van der Waals surface area contributed by atoms with Gasteiger partial charge in [0, 0.05) is 18.3 Å². The number of pyridine rings is 1. The van der Waals surface area contributed by atoms with E-state index in [-0.39, 0.29) is 0 Å². The molecule has 0 atom stereocenters. The summed E-state index contributed by atoms with van der Waals surface area (Å²) in [6.07, 6.45) is 2.75. The summed E-state index contributed by atoms with van der Waals surface area (Å²) in [6, 6.07) is 16.4. The van der Waals surface area contributed by atoms with Crippen LogP contribution in [0.2, 0.25) is 0 Å². The van der Waals surface area contributed by atoms with Crippen LogP contribution >= 0.6 is 30.4 Å². The van der Waals surface area contributed by atoms with Gasteiger partial charge in [0.25, 0.3) is 0 Å². The zero-order valence-corrected chi connectivity index (χ0v) is 12.1. The predicted octanol–water partition coefficient (Wildman–Crippen LogP) is 4.74. The van der Waals surface area contributed by atoms with Crippen molar-refractivity contribution < 1.29 is 10.9 Å². The summed E-state index contributed by atoms with van der Waals surface area (Å²) in [4.78, 5) is 4.27. The molecule has 0 amide bonds. The average molecular weight is 335 g/mol. The third-order valence-corrected chi connectivity index (χ3v) is 1.95. The van der Waals surface area contributed by atoms with E-state index >= 15 is 0 Å². The molecule has 1 heterocycles. The monoisotopic (exact) mass is 333 g/mol. The maximum Gasteiger partial charge on any atom is 0.0447 e. The van der Waals surface area contributed by atoms with Crippen molar-refractivity contribution in [1.29, 1.82) is 0 Å². The molecule has 0 spiro atoms. The molecule has 0 N–H and O–H groups in total. The van der Waals surface area contributed by atoms with Crippen LogP contribution in [0.3, 0.4) is 0 Å². The number of rotatable bonds is 2. The van der Waals surface area contributed by atoms with Crippen molar-refractivity contribution in [3.63, 3.8) is 0 Å². The molecule has 1 aromatic heterocycles. The third kappa shape index (κ3) is 7.63. The van der Waals surface area contributed by atoms with Crippen LogP contribution in [0, 0.1) is 0 Å². The van der Waals surface area contributed by atoms with E-state index in [1.54, 1.807) is 0 Å². The molecule has 1 aromatic carbocycles. The molecule has 0 radical (unpaired) electrons. The number of aromatic nitrogens is 1. The van der Waals surface area contributed by atoms with Crippen molar-refractivity contribution in [2.24, 2.45) is 0 Å². The fourth-order valence-electron chi connectivity index (χ4n) is 1.31. The Balaban J connectivity index is 0.000000317. The molecule has 0 saturated carbocycles. The molecule has 0 unspecified atom stereocenters. The predicted molar refractivity (Wildman–Crippen MR) is 71.0 cm³/mol. The van der Waals surface area contributed by atoms with E-state index in [9.17, 15) is 0 Å². The molecule has 0 aliphatic carbocycles. The molecule has 0 saturated heterocycles. The summed E-state index contributed by atoms with van der Waals surface area (Å²) >= 11 is 0. The molecule has 94 valence electrons. The number of nitrogens with zero attached hydrogens (tertiary/aromatic N) is 1. The minimum atomic E-state index is -1.19. The zero-order chi connectivity index (χ0) is 12.5. The van der Waals surface area contributed by atoms with Gasteiger partial charge in [0.15, 0.2) is 0 Å². The van der Waals surface area contributed by atoms with Crippen molar-refractivity contribution in [2.45, 2.75) is 6.42 Å². The van der Waals surface area contributed by atoms with Gasteiger partial charge in [0.2, 0.25) is 0 Å². The van der Waals surface area contributed by atoms with Crippen molar-refractivity contribution in [3.8, 4) is 0 Å². The Labute approximate surface area is 118 Å². The van der Waals surface area contributed by atoms with Crippen LogP contribution in [-0.2, 0) is 17.4 Å². The summed E-state index contributed by atoms with van der Waals surface area (Å²) in [5.74, 6) is 0. The maximum atomic E-state index is 4.87. The van der Waals surface area contributed by atoms with Crippen LogP contribution < -0.4 is 0 Å². The Hall–Kier alpha value is -0.254. The second-order valence-corrected chi connectivity index (χ2v) is 8.28. The molecular weight excluding hydrogens is 323 g/mol. The standard InChI is InChI=1S/C12H11N.3ClH.Co/c1-2-6-11(7-3-1)10-12-8-4-5-9-13-12;;;;/h1-9H,10H2;3*1H;/q;;;;+3/p-3. The van der Waals surface area contributed by atoms with Crippen LogP contribution in [-0.4, -0.2) is 4.98 Å². The van der Waals surface area contributed by atoms with Crippen molar-refractivity contribution in [1.82, 2.24) is 4.98 Å². The first-order chi connectivity index (χ1) is 8.18. The van der Waals surface area contributed by atoms with Crippen LogP contribution in [0.25, 0.3) is 0 Å². The Morgan fingerprint density at radius 1 is 0.882 bits per heavy atom. The average Bonchev–Trinajstić information content (AvgIpc) is 2.31. The first-order valence-corrected chi connectivity index (χ1v) is 9.06. The normalized spacial score (nSPS) is 10.2. The molecule has 1 nitrogen and oxygen atoms in total. The third-order valence-electron chi connectivity index (χ3n) is 1.95. The van der Waals surface area contributed by atoms with Gasteiger partial charge in [-0.3, -0.25) is 4.98 Å². The molecule has 5 heteroatoms. The quantitative estimate of drug-likeness (QED) is 0.773. The largest absolute Gasteiger partial charge is 0.261 e. The van der Waals surface area contributed by atoms with Crippen molar-refractivity contribution in [3.05, 3.63) is 66.0 Å². The number of benzene rings is 1. The van der Waals surface area contributed by atoms with Crippen molar-refractivity contribution in [2.75, 3.05) is 0 Å². The Kier molecular flexibility index (Phi) is 7.65. The molecule has 0 aliphatic heterocycles. The minimum absolute atomic E-state index is 0.918. The summed E-state index contributed by atoms with van der Waals surface area (Å²) in [5.41, 5.74) is 2.43. The van der Waals surface area contributed by atoms with E-state index < -0.39 is 10.9 Å². The summed E-state index contributed by atoms with van der Waals surface area (Å²) in [6.45, 7) is 0. The molecular formula is C12H11Cl3CoN. The molecule has 2 rings (SSSR count). The van der Waals surface area contributed by atoms with Crippen LogP contribution in [0.1, 0.15) is 11.3 Å². The van der Waals surface area contributed by atoms with Gasteiger partial charge in [0.1, 0.15) is 0 Å². The van der Waals surface area contributed by atoms with E-state index in [4.69, 9.17) is 30.4 Å². The second kappa shape index (κ2) is 8.78. The second-order valence-electron chi connectivity index (χ2n) is 3.13. The van der Waals surface area contributed by atoms with Gasteiger partial charge in [-0.1, -0.05) is 36.4 Å². The van der Waals surface area contributed by atoms with E-state index in [0.717, 1.165) is 12.1 Å². The van der Waals surface area contributed by atoms with E-state index in [1.165, 1.54) is 5.56 Å². The summed E-state index contributed by atoms with van der Waals surface area (Å²) in [5, 5.41) is 0. The van der Waals surface area contributed by atoms with E-state index in [1.807, 2.05) is 30.5 Å². The zero-order valence-electron chi connectivity index (χ0n) is 8.82. The van der Waals surface area contributed by atoms with Gasteiger partial charge < -0.3 is 0 Å². The Morgan fingerprint density at radius 3 is 2.00 bits per heavy atom.